The fourth-order valence-corrected chi connectivity index (χ4v) is 1.66. The van der Waals surface area contributed by atoms with E-state index in [4.69, 9.17) is 9.47 Å². The minimum absolute atomic E-state index is 0.258. The molecule has 0 aliphatic rings. The van der Waals surface area contributed by atoms with Crippen LogP contribution in [0.15, 0.2) is 0 Å². The Balaban J connectivity index is 4.53. The van der Waals surface area contributed by atoms with E-state index in [1.54, 1.807) is 13.8 Å². The van der Waals surface area contributed by atoms with Gasteiger partial charge in [-0.25, -0.2) is 0 Å². The molecule has 0 bridgehead atoms. The summed E-state index contributed by atoms with van der Waals surface area (Å²) in [6.45, 7) is 7.63. The van der Waals surface area contributed by atoms with Gasteiger partial charge in [0.15, 0.2) is 0 Å². The van der Waals surface area contributed by atoms with E-state index in [9.17, 15) is 9.59 Å². The van der Waals surface area contributed by atoms with Gasteiger partial charge in [0.2, 0.25) is 0 Å². The normalized spacial score (nSPS) is 16.1. The Morgan fingerprint density at radius 1 is 1.31 bits per heavy atom. The number of methoxy groups -OCH3 is 1. The lowest BCUT2D eigenvalue weighted by Crippen LogP contribution is -2.32. The van der Waals surface area contributed by atoms with Gasteiger partial charge in [0.1, 0.15) is 0 Å². The molecule has 0 saturated heterocycles. The predicted molar refractivity (Wildman–Crippen MR) is 60.8 cm³/mol. The van der Waals surface area contributed by atoms with Gasteiger partial charge in [0, 0.05) is 0 Å². The molecule has 0 amide bonds. The van der Waals surface area contributed by atoms with Crippen molar-refractivity contribution in [2.45, 2.75) is 40.5 Å². The lowest BCUT2D eigenvalue weighted by atomic mass is 9.79. The molecule has 94 valence electrons. The van der Waals surface area contributed by atoms with Crippen LogP contribution in [0.1, 0.15) is 40.5 Å². The first-order valence-corrected chi connectivity index (χ1v) is 5.66. The molecule has 0 heterocycles. The van der Waals surface area contributed by atoms with Crippen LogP contribution in [0.3, 0.4) is 0 Å². The van der Waals surface area contributed by atoms with Crippen LogP contribution in [0, 0.1) is 11.3 Å². The highest BCUT2D eigenvalue weighted by Crippen LogP contribution is 2.31. The summed E-state index contributed by atoms with van der Waals surface area (Å²) in [6.07, 6.45) is 1.10. The molecule has 2 atom stereocenters. The van der Waals surface area contributed by atoms with E-state index in [1.807, 2.05) is 13.8 Å². The summed E-state index contributed by atoms with van der Waals surface area (Å²) in [4.78, 5) is 23.1. The molecule has 0 aliphatic carbocycles. The molecule has 4 heteroatoms. The van der Waals surface area contributed by atoms with Crippen LogP contribution in [0.2, 0.25) is 0 Å². The SMILES string of the molecule is CCOC(=O)C(C)CC(C)(CC)C(=O)OC. The first-order chi connectivity index (χ1) is 7.41. The monoisotopic (exact) mass is 230 g/mol. The zero-order chi connectivity index (χ0) is 12.8. The van der Waals surface area contributed by atoms with E-state index in [0.29, 0.717) is 19.4 Å². The van der Waals surface area contributed by atoms with Gasteiger partial charge < -0.3 is 9.47 Å². The lowest BCUT2D eigenvalue weighted by molar-refractivity contribution is -0.156. The second-order valence-electron chi connectivity index (χ2n) is 4.26. The van der Waals surface area contributed by atoms with Crippen molar-refractivity contribution in [3.63, 3.8) is 0 Å². The second-order valence-corrected chi connectivity index (χ2v) is 4.26. The zero-order valence-electron chi connectivity index (χ0n) is 10.8. The van der Waals surface area contributed by atoms with E-state index < -0.39 is 5.41 Å². The van der Waals surface area contributed by atoms with Crippen molar-refractivity contribution in [1.82, 2.24) is 0 Å². The molecule has 2 unspecified atom stereocenters. The van der Waals surface area contributed by atoms with Crippen LogP contribution >= 0.6 is 0 Å². The van der Waals surface area contributed by atoms with Gasteiger partial charge in [0.25, 0.3) is 0 Å². The molecule has 0 spiro atoms. The molecule has 16 heavy (non-hydrogen) atoms. The lowest BCUT2D eigenvalue weighted by Gasteiger charge is -2.27. The van der Waals surface area contributed by atoms with E-state index in [1.165, 1.54) is 7.11 Å². The van der Waals surface area contributed by atoms with Gasteiger partial charge in [-0.05, 0) is 26.7 Å². The maximum atomic E-state index is 11.6. The summed E-state index contributed by atoms with van der Waals surface area (Å²) >= 11 is 0. The van der Waals surface area contributed by atoms with Crippen molar-refractivity contribution in [3.8, 4) is 0 Å². The Bertz CT molecular complexity index is 249. The highest BCUT2D eigenvalue weighted by molar-refractivity contribution is 5.78. The van der Waals surface area contributed by atoms with Crippen molar-refractivity contribution in [2.24, 2.45) is 11.3 Å². The van der Waals surface area contributed by atoms with Crippen molar-refractivity contribution < 1.29 is 19.1 Å². The number of carbonyl (C=O) groups is 2. The van der Waals surface area contributed by atoms with Gasteiger partial charge >= 0.3 is 11.9 Å². The first kappa shape index (κ1) is 14.9. The summed E-state index contributed by atoms with van der Waals surface area (Å²) in [7, 11) is 1.37. The third kappa shape index (κ3) is 3.83. The second kappa shape index (κ2) is 6.51. The number of carbonyl (C=O) groups excluding carboxylic acids is 2. The molecule has 0 rings (SSSR count). The van der Waals surface area contributed by atoms with E-state index in [2.05, 4.69) is 0 Å². The standard InChI is InChI=1S/C12H22O4/c1-6-12(4,11(14)15-5)8-9(3)10(13)16-7-2/h9H,6-8H2,1-5H3. The largest absolute Gasteiger partial charge is 0.469 e. The number of ether oxygens (including phenoxy) is 2. The summed E-state index contributed by atoms with van der Waals surface area (Å²) in [5.41, 5.74) is -0.610. The van der Waals surface area contributed by atoms with Crippen molar-refractivity contribution in [2.75, 3.05) is 13.7 Å². The van der Waals surface area contributed by atoms with Gasteiger partial charge in [0.05, 0.1) is 25.0 Å². The van der Waals surface area contributed by atoms with Gasteiger partial charge in [-0.3, -0.25) is 9.59 Å². The van der Waals surface area contributed by atoms with Crippen LogP contribution in [0.25, 0.3) is 0 Å². The van der Waals surface area contributed by atoms with Crippen LogP contribution < -0.4 is 0 Å². The van der Waals surface area contributed by atoms with Gasteiger partial charge in [-0.15, -0.1) is 0 Å². The van der Waals surface area contributed by atoms with Gasteiger partial charge in [-0.1, -0.05) is 13.8 Å². The van der Waals surface area contributed by atoms with Crippen LogP contribution in [-0.2, 0) is 19.1 Å². The Hall–Kier alpha value is -1.06. The molecule has 0 aromatic carbocycles. The smallest absolute Gasteiger partial charge is 0.311 e. The molecule has 0 N–H and O–H groups in total. The quantitative estimate of drug-likeness (QED) is 0.656. The first-order valence-electron chi connectivity index (χ1n) is 5.66. The van der Waals surface area contributed by atoms with Crippen LogP contribution in [-0.4, -0.2) is 25.7 Å². The predicted octanol–water partition coefficient (Wildman–Crippen LogP) is 2.17. The third-order valence-electron chi connectivity index (χ3n) is 2.90. The maximum absolute atomic E-state index is 11.6. The molecular formula is C12H22O4. The zero-order valence-corrected chi connectivity index (χ0v) is 10.8. The van der Waals surface area contributed by atoms with Gasteiger partial charge in [-0.2, -0.15) is 0 Å². The number of hydrogen-bond donors (Lipinski definition) is 0. The number of rotatable bonds is 6. The number of esters is 2. The minimum atomic E-state index is -0.610. The molecule has 4 nitrogen and oxygen atoms in total. The topological polar surface area (TPSA) is 52.6 Å². The Morgan fingerprint density at radius 2 is 1.88 bits per heavy atom. The number of hydrogen-bond acceptors (Lipinski definition) is 4. The summed E-state index contributed by atoms with van der Waals surface area (Å²) < 4.78 is 9.67. The summed E-state index contributed by atoms with van der Waals surface area (Å²) in [6, 6.07) is 0. The van der Waals surface area contributed by atoms with Crippen LogP contribution in [0.4, 0.5) is 0 Å². The molecule has 0 aliphatic heterocycles. The van der Waals surface area contributed by atoms with Crippen molar-refractivity contribution in [1.29, 1.82) is 0 Å². The minimum Gasteiger partial charge on any atom is -0.469 e. The average molecular weight is 230 g/mol. The van der Waals surface area contributed by atoms with E-state index in [-0.39, 0.29) is 17.9 Å². The highest BCUT2D eigenvalue weighted by atomic mass is 16.5. The molecule has 0 aromatic heterocycles. The molecular weight excluding hydrogens is 208 g/mol. The average Bonchev–Trinajstić information content (AvgIpc) is 2.27. The Labute approximate surface area is 97.3 Å². The maximum Gasteiger partial charge on any atom is 0.311 e. The van der Waals surface area contributed by atoms with Crippen molar-refractivity contribution >= 4 is 11.9 Å². The summed E-state index contributed by atoms with van der Waals surface area (Å²) in [5, 5.41) is 0. The Kier molecular flexibility index (Phi) is 6.08. The van der Waals surface area contributed by atoms with Crippen LogP contribution in [0.5, 0.6) is 0 Å². The fraction of sp³-hybridized carbons (Fsp3) is 0.833. The van der Waals surface area contributed by atoms with Crippen molar-refractivity contribution in [3.05, 3.63) is 0 Å². The summed E-state index contributed by atoms with van der Waals surface area (Å²) in [5.74, 6) is -0.818. The third-order valence-corrected chi connectivity index (χ3v) is 2.90. The molecule has 0 aromatic rings. The molecule has 0 radical (unpaired) electrons. The molecule has 0 fully saturated rings. The van der Waals surface area contributed by atoms with E-state index in [0.717, 1.165) is 0 Å². The Morgan fingerprint density at radius 3 is 2.25 bits per heavy atom. The van der Waals surface area contributed by atoms with E-state index >= 15 is 0 Å². The highest BCUT2D eigenvalue weighted by Gasteiger charge is 2.36. The fourth-order valence-electron chi connectivity index (χ4n) is 1.66. The molecule has 0 saturated carbocycles.